The molecule has 2 aliphatic rings. The molecule has 1 N–H and O–H groups in total. The molecule has 0 aromatic heterocycles. The molecule has 2 fully saturated rings. The van der Waals surface area contributed by atoms with Gasteiger partial charge in [0, 0.05) is 0 Å². The fourth-order valence-electron chi connectivity index (χ4n) is 1.37. The van der Waals surface area contributed by atoms with Crippen LogP contribution in [0.25, 0.3) is 0 Å². The normalized spacial score (nSPS) is 52.2. The van der Waals surface area contributed by atoms with Crippen molar-refractivity contribution in [1.29, 1.82) is 0 Å². The lowest BCUT2D eigenvalue weighted by Gasteiger charge is -2.30. The predicted octanol–water partition coefficient (Wildman–Crippen LogP) is -0.248. The van der Waals surface area contributed by atoms with Crippen LogP contribution in [-0.2, 0) is 9.47 Å². The van der Waals surface area contributed by atoms with Gasteiger partial charge in [-0.2, -0.15) is 0 Å². The molecule has 58 valence electrons. The highest BCUT2D eigenvalue weighted by Gasteiger charge is 2.49. The molecule has 3 nitrogen and oxygen atoms in total. The van der Waals surface area contributed by atoms with Crippen molar-refractivity contribution in [3.05, 3.63) is 0 Å². The third-order valence-electron chi connectivity index (χ3n) is 2.04. The third-order valence-corrected chi connectivity index (χ3v) is 2.34. The molecule has 0 unspecified atom stereocenters. The van der Waals surface area contributed by atoms with Gasteiger partial charge in [-0.1, -0.05) is 0 Å². The SMILES string of the molecule is O[C@H]1[C@@H]2OC[C@@H]2O[C@H]1CCl. The monoisotopic (exact) mass is 164 g/mol. The molecule has 0 aliphatic carbocycles. The first-order chi connectivity index (χ1) is 4.83. The number of hydrogen-bond donors (Lipinski definition) is 1. The minimum Gasteiger partial charge on any atom is -0.388 e. The number of ether oxygens (including phenoxy) is 2. The summed E-state index contributed by atoms with van der Waals surface area (Å²) >= 11 is 5.52. The van der Waals surface area contributed by atoms with Crippen LogP contribution in [0, 0.1) is 0 Å². The lowest BCUT2D eigenvalue weighted by Crippen LogP contribution is -2.47. The summed E-state index contributed by atoms with van der Waals surface area (Å²) in [6, 6.07) is 0. The van der Waals surface area contributed by atoms with Crippen LogP contribution in [0.3, 0.4) is 0 Å². The van der Waals surface area contributed by atoms with Gasteiger partial charge >= 0.3 is 0 Å². The van der Waals surface area contributed by atoms with Crippen LogP contribution >= 0.6 is 11.6 Å². The van der Waals surface area contributed by atoms with E-state index < -0.39 is 6.10 Å². The third kappa shape index (κ3) is 0.782. The topological polar surface area (TPSA) is 38.7 Å². The predicted molar refractivity (Wildman–Crippen MR) is 35.1 cm³/mol. The Kier molecular flexibility index (Phi) is 1.60. The smallest absolute Gasteiger partial charge is 0.114 e. The second-order valence-electron chi connectivity index (χ2n) is 2.66. The summed E-state index contributed by atoms with van der Waals surface area (Å²) < 4.78 is 10.4. The van der Waals surface area contributed by atoms with Crippen LogP contribution in [0.5, 0.6) is 0 Å². The number of aliphatic hydroxyl groups is 1. The van der Waals surface area contributed by atoms with Crippen molar-refractivity contribution in [2.75, 3.05) is 12.5 Å². The Balaban J connectivity index is 2.02. The van der Waals surface area contributed by atoms with Gasteiger partial charge in [-0.25, -0.2) is 0 Å². The molecular formula is C6H9ClO3. The summed E-state index contributed by atoms with van der Waals surface area (Å²) in [5, 5.41) is 9.34. The molecule has 2 aliphatic heterocycles. The Labute approximate surface area is 63.9 Å². The summed E-state index contributed by atoms with van der Waals surface area (Å²) in [4.78, 5) is 0. The summed E-state index contributed by atoms with van der Waals surface area (Å²) in [6.07, 6.45) is -0.752. The molecular weight excluding hydrogens is 156 g/mol. The van der Waals surface area contributed by atoms with Crippen LogP contribution in [0.1, 0.15) is 0 Å². The quantitative estimate of drug-likeness (QED) is 0.544. The second kappa shape index (κ2) is 2.34. The number of aliphatic hydroxyl groups excluding tert-OH is 1. The van der Waals surface area contributed by atoms with Crippen molar-refractivity contribution >= 4 is 11.6 Å². The minimum atomic E-state index is -0.517. The van der Waals surface area contributed by atoms with Crippen molar-refractivity contribution in [1.82, 2.24) is 0 Å². The fraction of sp³-hybridized carbons (Fsp3) is 1.00. The molecule has 10 heavy (non-hydrogen) atoms. The van der Waals surface area contributed by atoms with Gasteiger partial charge in [-0.05, 0) is 0 Å². The summed E-state index contributed by atoms with van der Waals surface area (Å²) in [6.45, 7) is 0.606. The number of fused-ring (bicyclic) bond motifs is 1. The molecule has 4 atom stereocenters. The van der Waals surface area contributed by atoms with Gasteiger partial charge < -0.3 is 14.6 Å². The number of rotatable bonds is 1. The van der Waals surface area contributed by atoms with Crippen molar-refractivity contribution in [3.63, 3.8) is 0 Å². The van der Waals surface area contributed by atoms with E-state index in [1.807, 2.05) is 0 Å². The second-order valence-corrected chi connectivity index (χ2v) is 2.96. The zero-order chi connectivity index (χ0) is 7.14. The lowest BCUT2D eigenvalue weighted by atomic mass is 10.1. The van der Waals surface area contributed by atoms with E-state index >= 15 is 0 Å². The van der Waals surface area contributed by atoms with Gasteiger partial charge in [0.1, 0.15) is 24.4 Å². The van der Waals surface area contributed by atoms with Crippen molar-refractivity contribution in [3.8, 4) is 0 Å². The number of halogens is 1. The largest absolute Gasteiger partial charge is 0.388 e. The molecule has 0 bridgehead atoms. The molecule has 0 aromatic rings. The Bertz CT molecular complexity index is 141. The maximum atomic E-state index is 9.34. The maximum Gasteiger partial charge on any atom is 0.114 e. The fourth-order valence-corrected chi connectivity index (χ4v) is 1.62. The first-order valence-corrected chi connectivity index (χ1v) is 3.87. The van der Waals surface area contributed by atoms with Crippen molar-refractivity contribution < 1.29 is 14.6 Å². The summed E-state index contributed by atoms with van der Waals surface area (Å²) in [7, 11) is 0. The van der Waals surface area contributed by atoms with Crippen LogP contribution in [0.15, 0.2) is 0 Å². The minimum absolute atomic E-state index is 0.0961. The lowest BCUT2D eigenvalue weighted by molar-refractivity contribution is -0.153. The van der Waals surface area contributed by atoms with Gasteiger partial charge in [0.05, 0.1) is 12.5 Å². The Morgan fingerprint density at radius 3 is 2.70 bits per heavy atom. The Morgan fingerprint density at radius 2 is 2.40 bits per heavy atom. The van der Waals surface area contributed by atoms with E-state index in [0.717, 1.165) is 0 Å². The van der Waals surface area contributed by atoms with E-state index in [1.54, 1.807) is 0 Å². The highest BCUT2D eigenvalue weighted by Crippen LogP contribution is 2.31. The van der Waals surface area contributed by atoms with Gasteiger partial charge in [-0.15, -0.1) is 11.6 Å². The van der Waals surface area contributed by atoms with E-state index in [0.29, 0.717) is 12.5 Å². The highest BCUT2D eigenvalue weighted by atomic mass is 35.5. The Morgan fingerprint density at radius 1 is 1.60 bits per heavy atom. The van der Waals surface area contributed by atoms with Gasteiger partial charge in [0.15, 0.2) is 0 Å². The molecule has 2 heterocycles. The first-order valence-electron chi connectivity index (χ1n) is 3.34. The molecule has 4 heteroatoms. The maximum absolute atomic E-state index is 9.34. The summed E-state index contributed by atoms with van der Waals surface area (Å²) in [5.74, 6) is 0.345. The van der Waals surface area contributed by atoms with Gasteiger partial charge in [0.2, 0.25) is 0 Å². The Hall–Kier alpha value is 0.170. The van der Waals surface area contributed by atoms with E-state index in [-0.39, 0.29) is 18.3 Å². The van der Waals surface area contributed by atoms with Crippen LogP contribution < -0.4 is 0 Å². The molecule has 0 aromatic carbocycles. The van der Waals surface area contributed by atoms with Gasteiger partial charge in [0.25, 0.3) is 0 Å². The van der Waals surface area contributed by atoms with Gasteiger partial charge in [-0.3, -0.25) is 0 Å². The van der Waals surface area contributed by atoms with Crippen LogP contribution in [0.4, 0.5) is 0 Å². The van der Waals surface area contributed by atoms with Crippen molar-refractivity contribution in [2.45, 2.75) is 24.4 Å². The number of hydrogen-bond acceptors (Lipinski definition) is 3. The molecule has 0 radical (unpaired) electrons. The first kappa shape index (κ1) is 6.85. The van der Waals surface area contributed by atoms with E-state index in [9.17, 15) is 5.11 Å². The zero-order valence-corrected chi connectivity index (χ0v) is 6.12. The number of alkyl halides is 1. The molecule has 0 saturated carbocycles. The zero-order valence-electron chi connectivity index (χ0n) is 5.37. The van der Waals surface area contributed by atoms with Crippen LogP contribution in [0.2, 0.25) is 0 Å². The molecule has 0 amide bonds. The molecule has 2 saturated heterocycles. The van der Waals surface area contributed by atoms with E-state index in [1.165, 1.54) is 0 Å². The molecule has 0 spiro atoms. The van der Waals surface area contributed by atoms with Crippen LogP contribution in [-0.4, -0.2) is 42.0 Å². The standard InChI is InChI=1S/C6H9ClO3/c7-1-3-5(8)6-4(10-3)2-9-6/h3-6,8H,1-2H2/t3-,4-,5+,6+/m0/s1. The highest BCUT2D eigenvalue weighted by molar-refractivity contribution is 6.18. The van der Waals surface area contributed by atoms with E-state index in [4.69, 9.17) is 21.1 Å². The van der Waals surface area contributed by atoms with E-state index in [2.05, 4.69) is 0 Å². The average Bonchev–Trinajstić information content (AvgIpc) is 2.05. The molecule has 2 rings (SSSR count). The average molecular weight is 165 g/mol. The van der Waals surface area contributed by atoms with Crippen molar-refractivity contribution in [2.24, 2.45) is 0 Å². The summed E-state index contributed by atoms with van der Waals surface area (Å²) in [5.41, 5.74) is 0.